The van der Waals surface area contributed by atoms with E-state index in [0.717, 1.165) is 28.3 Å². The lowest BCUT2D eigenvalue weighted by atomic mass is 10.1. The van der Waals surface area contributed by atoms with Crippen LogP contribution < -0.4 is 9.47 Å². The molecule has 0 fully saturated rings. The van der Waals surface area contributed by atoms with E-state index >= 15 is 0 Å². The lowest BCUT2D eigenvalue weighted by Gasteiger charge is -2.04. The van der Waals surface area contributed by atoms with Crippen molar-refractivity contribution in [2.75, 3.05) is 6.79 Å². The highest BCUT2D eigenvalue weighted by Crippen LogP contribution is 2.35. The number of hydrogen-bond donors (Lipinski definition) is 0. The van der Waals surface area contributed by atoms with Gasteiger partial charge < -0.3 is 9.47 Å². The molecule has 0 N–H and O–H groups in total. The molecule has 0 saturated carbocycles. The van der Waals surface area contributed by atoms with Crippen molar-refractivity contribution in [3.8, 4) is 34.1 Å². The maximum atomic E-state index is 5.46. The highest BCUT2D eigenvalue weighted by Gasteiger charge is 2.16. The summed E-state index contributed by atoms with van der Waals surface area (Å²) in [4.78, 5) is 12.9. The average molecular weight is 317 g/mol. The molecule has 0 aliphatic carbocycles. The Kier molecular flexibility index (Phi) is 2.72. The van der Waals surface area contributed by atoms with Gasteiger partial charge in [-0.15, -0.1) is 5.10 Å². The Morgan fingerprint density at radius 3 is 2.83 bits per heavy atom. The Hall–Kier alpha value is -3.48. The number of benzene rings is 1. The van der Waals surface area contributed by atoms with Crippen molar-refractivity contribution >= 4 is 5.78 Å². The molecule has 1 aliphatic rings. The highest BCUT2D eigenvalue weighted by molar-refractivity contribution is 5.67. The van der Waals surface area contributed by atoms with Crippen LogP contribution in [0.25, 0.3) is 28.4 Å². The van der Waals surface area contributed by atoms with Gasteiger partial charge in [0, 0.05) is 29.7 Å². The third kappa shape index (κ3) is 1.98. The van der Waals surface area contributed by atoms with E-state index in [0.29, 0.717) is 11.6 Å². The predicted molar refractivity (Wildman–Crippen MR) is 85.6 cm³/mol. The number of rotatable bonds is 2. The first-order chi connectivity index (χ1) is 11.9. The first kappa shape index (κ1) is 13.0. The van der Waals surface area contributed by atoms with Crippen LogP contribution in [-0.2, 0) is 0 Å². The normalized spacial score (nSPS) is 12.7. The van der Waals surface area contributed by atoms with Gasteiger partial charge in [-0.3, -0.25) is 4.98 Å². The summed E-state index contributed by atoms with van der Waals surface area (Å²) in [5.41, 5.74) is 2.68. The predicted octanol–water partition coefficient (Wildman–Crippen LogP) is 2.58. The zero-order valence-electron chi connectivity index (χ0n) is 12.5. The van der Waals surface area contributed by atoms with Crippen LogP contribution in [0.15, 0.2) is 55.0 Å². The summed E-state index contributed by atoms with van der Waals surface area (Å²) in [7, 11) is 0. The van der Waals surface area contributed by atoms with Gasteiger partial charge in [0.15, 0.2) is 17.3 Å². The summed E-state index contributed by atoms with van der Waals surface area (Å²) in [5, 5.41) is 4.58. The Morgan fingerprint density at radius 2 is 1.92 bits per heavy atom. The minimum absolute atomic E-state index is 0.249. The summed E-state index contributed by atoms with van der Waals surface area (Å²) in [5.74, 6) is 2.59. The molecule has 5 rings (SSSR count). The molecule has 116 valence electrons. The van der Waals surface area contributed by atoms with Crippen molar-refractivity contribution in [1.82, 2.24) is 24.6 Å². The largest absolute Gasteiger partial charge is 0.454 e. The molecule has 1 aliphatic heterocycles. The Morgan fingerprint density at radius 1 is 0.958 bits per heavy atom. The number of fused-ring (bicyclic) bond motifs is 2. The van der Waals surface area contributed by atoms with Crippen molar-refractivity contribution in [3.05, 3.63) is 55.0 Å². The number of aromatic nitrogens is 5. The quantitative estimate of drug-likeness (QED) is 0.566. The van der Waals surface area contributed by atoms with Crippen LogP contribution in [0.3, 0.4) is 0 Å². The zero-order chi connectivity index (χ0) is 15.9. The van der Waals surface area contributed by atoms with Gasteiger partial charge in [0.1, 0.15) is 0 Å². The molecule has 4 aromatic rings. The summed E-state index contributed by atoms with van der Waals surface area (Å²) >= 11 is 0. The smallest absolute Gasteiger partial charge is 0.253 e. The summed E-state index contributed by atoms with van der Waals surface area (Å²) in [6, 6.07) is 11.5. The molecule has 0 atom stereocenters. The number of pyridine rings is 1. The van der Waals surface area contributed by atoms with Gasteiger partial charge in [-0.05, 0) is 36.4 Å². The summed E-state index contributed by atoms with van der Waals surface area (Å²) in [6.07, 6.45) is 5.17. The van der Waals surface area contributed by atoms with Gasteiger partial charge in [0.2, 0.25) is 6.79 Å². The molecule has 0 unspecified atom stereocenters. The second-order valence-corrected chi connectivity index (χ2v) is 5.29. The van der Waals surface area contributed by atoms with Crippen LogP contribution in [-0.4, -0.2) is 31.4 Å². The third-order valence-corrected chi connectivity index (χ3v) is 3.83. The fraction of sp³-hybridized carbons (Fsp3) is 0.0588. The van der Waals surface area contributed by atoms with Gasteiger partial charge in [-0.2, -0.15) is 9.50 Å². The van der Waals surface area contributed by atoms with Crippen molar-refractivity contribution in [3.63, 3.8) is 0 Å². The van der Waals surface area contributed by atoms with Gasteiger partial charge in [0.05, 0.1) is 5.69 Å². The van der Waals surface area contributed by atoms with Crippen LogP contribution in [0.5, 0.6) is 11.5 Å². The first-order valence-electron chi connectivity index (χ1n) is 7.41. The molecule has 3 aromatic heterocycles. The van der Waals surface area contributed by atoms with Gasteiger partial charge in [-0.25, -0.2) is 4.98 Å². The van der Waals surface area contributed by atoms with E-state index in [-0.39, 0.29) is 6.79 Å². The van der Waals surface area contributed by atoms with Gasteiger partial charge in [0.25, 0.3) is 5.78 Å². The molecule has 0 bridgehead atoms. The fourth-order valence-corrected chi connectivity index (χ4v) is 2.69. The van der Waals surface area contributed by atoms with E-state index in [1.165, 1.54) is 0 Å². The molecule has 0 amide bonds. The van der Waals surface area contributed by atoms with Crippen LogP contribution in [0.1, 0.15) is 0 Å². The highest BCUT2D eigenvalue weighted by atomic mass is 16.7. The molecule has 7 nitrogen and oxygen atoms in total. The fourth-order valence-electron chi connectivity index (χ4n) is 2.69. The van der Waals surface area contributed by atoms with Crippen LogP contribution in [0.2, 0.25) is 0 Å². The number of ether oxygens (including phenoxy) is 2. The van der Waals surface area contributed by atoms with E-state index in [1.807, 2.05) is 36.4 Å². The molecular weight excluding hydrogens is 306 g/mol. The van der Waals surface area contributed by atoms with Crippen LogP contribution in [0.4, 0.5) is 0 Å². The third-order valence-electron chi connectivity index (χ3n) is 3.83. The van der Waals surface area contributed by atoms with Crippen molar-refractivity contribution in [2.24, 2.45) is 0 Å². The average Bonchev–Trinajstić information content (AvgIpc) is 3.28. The minimum Gasteiger partial charge on any atom is -0.454 e. The van der Waals surface area contributed by atoms with E-state index in [4.69, 9.17) is 9.47 Å². The second kappa shape index (κ2) is 5.02. The molecule has 24 heavy (non-hydrogen) atoms. The zero-order valence-corrected chi connectivity index (χ0v) is 12.5. The molecule has 0 radical (unpaired) electrons. The van der Waals surface area contributed by atoms with Crippen molar-refractivity contribution < 1.29 is 9.47 Å². The summed E-state index contributed by atoms with van der Waals surface area (Å²) < 4.78 is 12.5. The Bertz CT molecular complexity index is 1050. The van der Waals surface area contributed by atoms with Crippen LogP contribution >= 0.6 is 0 Å². The van der Waals surface area contributed by atoms with Crippen LogP contribution in [0, 0.1) is 0 Å². The molecular formula is C17H11N5O2. The summed E-state index contributed by atoms with van der Waals surface area (Å²) in [6.45, 7) is 0.249. The SMILES string of the molecule is c1cncc(-c2nc3nccc(-c4ccc5c(c4)OCO5)n3n2)c1. The number of nitrogens with zero attached hydrogens (tertiary/aromatic N) is 5. The molecule has 0 saturated heterocycles. The first-order valence-corrected chi connectivity index (χ1v) is 7.41. The lowest BCUT2D eigenvalue weighted by Crippen LogP contribution is -1.96. The standard InChI is InChI=1S/C17H11N5O2/c1-2-12(9-18-6-1)16-20-17-19-7-5-13(22(17)21-16)11-3-4-14-15(8-11)24-10-23-14/h1-9H,10H2. The molecule has 1 aromatic carbocycles. The Balaban J connectivity index is 1.68. The van der Waals surface area contributed by atoms with Gasteiger partial charge in [-0.1, -0.05) is 0 Å². The number of hydrogen-bond acceptors (Lipinski definition) is 6. The van der Waals surface area contributed by atoms with E-state index in [9.17, 15) is 0 Å². The lowest BCUT2D eigenvalue weighted by molar-refractivity contribution is 0.174. The van der Waals surface area contributed by atoms with Gasteiger partial charge >= 0.3 is 0 Å². The van der Waals surface area contributed by atoms with Crippen molar-refractivity contribution in [1.29, 1.82) is 0 Å². The van der Waals surface area contributed by atoms with E-state index in [1.54, 1.807) is 23.1 Å². The second-order valence-electron chi connectivity index (χ2n) is 5.29. The monoisotopic (exact) mass is 317 g/mol. The maximum Gasteiger partial charge on any atom is 0.253 e. The minimum atomic E-state index is 0.249. The topological polar surface area (TPSA) is 74.4 Å². The maximum absolute atomic E-state index is 5.46. The molecule has 7 heteroatoms. The van der Waals surface area contributed by atoms with Crippen molar-refractivity contribution in [2.45, 2.75) is 0 Å². The van der Waals surface area contributed by atoms with E-state index < -0.39 is 0 Å². The molecule has 0 spiro atoms. The molecule has 4 heterocycles. The Labute approximate surface area is 136 Å². The van der Waals surface area contributed by atoms with E-state index in [2.05, 4.69) is 20.1 Å².